The summed E-state index contributed by atoms with van der Waals surface area (Å²) in [6.07, 6.45) is 1.42. The summed E-state index contributed by atoms with van der Waals surface area (Å²) in [5.74, 6) is 0.467. The Morgan fingerprint density at radius 1 is 1.42 bits per heavy atom. The van der Waals surface area contributed by atoms with Crippen LogP contribution in [0.25, 0.3) is 0 Å². The fraction of sp³-hybridized carbons (Fsp3) is 0.250. The van der Waals surface area contributed by atoms with Crippen molar-refractivity contribution in [3.63, 3.8) is 0 Å². The smallest absolute Gasteiger partial charge is 0.275 e. The average molecular weight is 347 g/mol. The van der Waals surface area contributed by atoms with Crippen molar-refractivity contribution in [2.24, 2.45) is 0 Å². The van der Waals surface area contributed by atoms with Crippen molar-refractivity contribution >= 4 is 34.8 Å². The van der Waals surface area contributed by atoms with Gasteiger partial charge in [-0.05, 0) is 18.2 Å². The van der Waals surface area contributed by atoms with E-state index < -0.39 is 5.91 Å². The van der Waals surface area contributed by atoms with Gasteiger partial charge in [-0.15, -0.1) is 0 Å². The van der Waals surface area contributed by atoms with E-state index >= 15 is 0 Å². The second-order valence-electron chi connectivity index (χ2n) is 5.58. The van der Waals surface area contributed by atoms with Gasteiger partial charge in [0.1, 0.15) is 11.6 Å². The first-order chi connectivity index (χ1) is 11.4. The Labute approximate surface area is 143 Å². The van der Waals surface area contributed by atoms with Gasteiger partial charge in [0.15, 0.2) is 12.3 Å². The molecule has 0 fully saturated rings. The number of halogens is 1. The zero-order chi connectivity index (χ0) is 17.3. The van der Waals surface area contributed by atoms with Crippen LogP contribution in [-0.4, -0.2) is 28.4 Å². The van der Waals surface area contributed by atoms with Crippen LogP contribution in [-0.2, 0) is 4.79 Å². The van der Waals surface area contributed by atoms with E-state index in [1.807, 2.05) is 13.8 Å². The summed E-state index contributed by atoms with van der Waals surface area (Å²) in [5, 5.41) is 5.56. The third kappa shape index (κ3) is 3.30. The van der Waals surface area contributed by atoms with Gasteiger partial charge in [-0.3, -0.25) is 9.59 Å². The van der Waals surface area contributed by atoms with Crippen LogP contribution in [0.5, 0.6) is 5.75 Å². The number of anilines is 2. The number of nitrogens with one attached hydrogen (secondary N) is 2. The maximum Gasteiger partial charge on any atom is 0.275 e. The van der Waals surface area contributed by atoms with Crippen LogP contribution in [0.15, 0.2) is 24.4 Å². The lowest BCUT2D eigenvalue weighted by molar-refractivity contribution is -0.118. The number of carbonyl (C=O) groups is 2. The molecule has 2 aromatic rings. The molecule has 1 aliphatic rings. The molecular formula is C16H15ClN4O3. The summed E-state index contributed by atoms with van der Waals surface area (Å²) < 4.78 is 5.28. The molecule has 2 amide bonds. The number of rotatable bonds is 3. The topological polar surface area (TPSA) is 93.2 Å². The summed E-state index contributed by atoms with van der Waals surface area (Å²) in [6.45, 7) is 3.83. The third-order valence-corrected chi connectivity index (χ3v) is 3.64. The van der Waals surface area contributed by atoms with Gasteiger partial charge in [0.25, 0.3) is 11.8 Å². The maximum absolute atomic E-state index is 12.4. The van der Waals surface area contributed by atoms with E-state index in [1.165, 1.54) is 6.20 Å². The summed E-state index contributed by atoms with van der Waals surface area (Å²) in [4.78, 5) is 32.1. The first-order valence-corrected chi connectivity index (χ1v) is 7.72. The van der Waals surface area contributed by atoms with Crippen LogP contribution in [0.1, 0.15) is 36.1 Å². The molecule has 0 saturated heterocycles. The normalized spacial score (nSPS) is 13.1. The summed E-state index contributed by atoms with van der Waals surface area (Å²) in [5.41, 5.74) is 1.10. The number of fused-ring (bicyclic) bond motifs is 1. The third-order valence-electron chi connectivity index (χ3n) is 3.36. The molecule has 0 aliphatic carbocycles. The number of hydrogen-bond acceptors (Lipinski definition) is 5. The van der Waals surface area contributed by atoms with Crippen LogP contribution < -0.4 is 15.4 Å². The van der Waals surface area contributed by atoms with E-state index in [9.17, 15) is 9.59 Å². The zero-order valence-corrected chi connectivity index (χ0v) is 13.8. The van der Waals surface area contributed by atoms with E-state index in [1.54, 1.807) is 18.2 Å². The predicted molar refractivity (Wildman–Crippen MR) is 89.7 cm³/mol. The minimum atomic E-state index is -0.452. The van der Waals surface area contributed by atoms with Crippen molar-refractivity contribution in [3.05, 3.63) is 40.9 Å². The Bertz CT molecular complexity index is 823. The molecule has 0 unspecified atom stereocenters. The van der Waals surface area contributed by atoms with Crippen LogP contribution in [0.2, 0.25) is 5.02 Å². The highest BCUT2D eigenvalue weighted by Gasteiger charge is 2.19. The van der Waals surface area contributed by atoms with Crippen LogP contribution >= 0.6 is 11.6 Å². The highest BCUT2D eigenvalue weighted by Crippen LogP contribution is 2.30. The molecule has 0 spiro atoms. The molecule has 3 rings (SSSR count). The number of amides is 2. The molecule has 0 saturated carbocycles. The van der Waals surface area contributed by atoms with Crippen LogP contribution in [0.3, 0.4) is 0 Å². The summed E-state index contributed by atoms with van der Waals surface area (Å²) >= 11 is 6.03. The van der Waals surface area contributed by atoms with E-state index in [0.29, 0.717) is 22.9 Å². The standard InChI is InChI=1S/C16H15ClN4O3/c1-8(2)15-18-6-10(17)14(21-15)16(23)19-9-3-4-12-11(5-9)20-13(22)7-24-12/h3-6,8H,7H2,1-2H3,(H,19,23)(H,20,22). The Balaban J connectivity index is 1.84. The predicted octanol–water partition coefficient (Wildman–Crippen LogP) is 2.84. The molecule has 1 aromatic heterocycles. The Kier molecular flexibility index (Phi) is 4.35. The minimum absolute atomic E-state index is 0.0206. The quantitative estimate of drug-likeness (QED) is 0.891. The number of aromatic nitrogens is 2. The lowest BCUT2D eigenvalue weighted by Crippen LogP contribution is -2.25. The second-order valence-corrected chi connectivity index (χ2v) is 5.99. The number of nitrogens with zero attached hydrogens (tertiary/aromatic N) is 2. The molecule has 2 heterocycles. The monoisotopic (exact) mass is 346 g/mol. The molecule has 24 heavy (non-hydrogen) atoms. The van der Waals surface area contributed by atoms with E-state index in [0.717, 1.165) is 0 Å². The highest BCUT2D eigenvalue weighted by molar-refractivity contribution is 6.33. The molecule has 0 atom stereocenters. The van der Waals surface area contributed by atoms with Crippen LogP contribution in [0.4, 0.5) is 11.4 Å². The van der Waals surface area contributed by atoms with Gasteiger partial charge in [0.05, 0.1) is 16.9 Å². The molecule has 8 heteroatoms. The van der Waals surface area contributed by atoms with E-state index in [2.05, 4.69) is 20.6 Å². The van der Waals surface area contributed by atoms with Gasteiger partial charge < -0.3 is 15.4 Å². The average Bonchev–Trinajstić information content (AvgIpc) is 2.54. The summed E-state index contributed by atoms with van der Waals surface area (Å²) in [7, 11) is 0. The Hall–Kier alpha value is -2.67. The van der Waals surface area contributed by atoms with Crippen molar-refractivity contribution in [3.8, 4) is 5.75 Å². The van der Waals surface area contributed by atoms with Gasteiger partial charge in [0, 0.05) is 11.6 Å². The lowest BCUT2D eigenvalue weighted by Gasteiger charge is -2.18. The molecule has 0 radical (unpaired) electrons. The van der Waals surface area contributed by atoms with Crippen molar-refractivity contribution in [1.82, 2.24) is 9.97 Å². The zero-order valence-electron chi connectivity index (χ0n) is 13.1. The van der Waals surface area contributed by atoms with Gasteiger partial charge >= 0.3 is 0 Å². The van der Waals surface area contributed by atoms with Gasteiger partial charge in [-0.1, -0.05) is 25.4 Å². The molecule has 0 bridgehead atoms. The van der Waals surface area contributed by atoms with Gasteiger partial charge in [0.2, 0.25) is 0 Å². The molecule has 7 nitrogen and oxygen atoms in total. The van der Waals surface area contributed by atoms with E-state index in [-0.39, 0.29) is 29.1 Å². The van der Waals surface area contributed by atoms with Crippen molar-refractivity contribution in [1.29, 1.82) is 0 Å². The fourth-order valence-corrected chi connectivity index (χ4v) is 2.35. The number of benzene rings is 1. The largest absolute Gasteiger partial charge is 0.482 e. The van der Waals surface area contributed by atoms with Crippen LogP contribution in [0, 0.1) is 0 Å². The first-order valence-electron chi connectivity index (χ1n) is 7.34. The number of carbonyl (C=O) groups excluding carboxylic acids is 2. The van der Waals surface area contributed by atoms with Crippen molar-refractivity contribution in [2.45, 2.75) is 19.8 Å². The molecule has 124 valence electrons. The van der Waals surface area contributed by atoms with Crippen molar-refractivity contribution < 1.29 is 14.3 Å². The Morgan fingerprint density at radius 2 is 2.21 bits per heavy atom. The number of ether oxygens (including phenoxy) is 1. The SMILES string of the molecule is CC(C)c1ncc(Cl)c(C(=O)Nc2ccc3c(c2)NC(=O)CO3)n1. The summed E-state index contributed by atoms with van der Waals surface area (Å²) in [6, 6.07) is 4.96. The second kappa shape index (κ2) is 6.45. The molecule has 1 aromatic carbocycles. The minimum Gasteiger partial charge on any atom is -0.482 e. The Morgan fingerprint density at radius 3 is 2.96 bits per heavy atom. The molecule has 2 N–H and O–H groups in total. The molecule has 1 aliphatic heterocycles. The number of hydrogen-bond donors (Lipinski definition) is 2. The van der Waals surface area contributed by atoms with Gasteiger partial charge in [-0.25, -0.2) is 9.97 Å². The lowest BCUT2D eigenvalue weighted by atomic mass is 10.2. The fourth-order valence-electron chi connectivity index (χ4n) is 2.17. The molecular weight excluding hydrogens is 332 g/mol. The van der Waals surface area contributed by atoms with E-state index in [4.69, 9.17) is 16.3 Å². The van der Waals surface area contributed by atoms with Gasteiger partial charge in [-0.2, -0.15) is 0 Å². The first kappa shape index (κ1) is 16.2. The maximum atomic E-state index is 12.4. The highest BCUT2D eigenvalue weighted by atomic mass is 35.5. The van der Waals surface area contributed by atoms with Crippen molar-refractivity contribution in [2.75, 3.05) is 17.2 Å².